The summed E-state index contributed by atoms with van der Waals surface area (Å²) in [6.07, 6.45) is 0.329. The van der Waals surface area contributed by atoms with E-state index < -0.39 is 27.3 Å². The average Bonchev–Trinajstić information content (AvgIpc) is 2.60. The molecule has 1 heterocycles. The van der Waals surface area contributed by atoms with Crippen LogP contribution in [0.1, 0.15) is 23.7 Å². The predicted molar refractivity (Wildman–Crippen MR) is 92.2 cm³/mol. The number of rotatable bonds is 4. The molecule has 26 heavy (non-hydrogen) atoms. The third-order valence-electron chi connectivity index (χ3n) is 4.51. The molecule has 1 atom stereocenters. The number of amides is 2. The molecule has 2 aromatic carbocycles. The second-order valence-electron chi connectivity index (χ2n) is 6.24. The van der Waals surface area contributed by atoms with E-state index in [9.17, 15) is 22.4 Å². The third kappa shape index (κ3) is 3.20. The van der Waals surface area contributed by atoms with E-state index in [4.69, 9.17) is 0 Å². The van der Waals surface area contributed by atoms with Crippen molar-refractivity contribution in [3.8, 4) is 0 Å². The number of carbonyl (C=O) groups is 2. The van der Waals surface area contributed by atoms with Gasteiger partial charge in [-0.15, -0.1) is 0 Å². The molecular weight excluding hydrogens is 359 g/mol. The number of benzene rings is 2. The van der Waals surface area contributed by atoms with Gasteiger partial charge in [0.05, 0.1) is 4.90 Å². The minimum absolute atomic E-state index is 0.329. The summed E-state index contributed by atoms with van der Waals surface area (Å²) in [7, 11) is -4.23. The lowest BCUT2D eigenvalue weighted by atomic mass is 9.85. The maximum absolute atomic E-state index is 13.3. The van der Waals surface area contributed by atoms with E-state index >= 15 is 0 Å². The van der Waals surface area contributed by atoms with Gasteiger partial charge in [-0.1, -0.05) is 24.3 Å². The zero-order valence-corrected chi connectivity index (χ0v) is 14.8. The highest BCUT2D eigenvalue weighted by Gasteiger charge is 2.50. The fourth-order valence-corrected chi connectivity index (χ4v) is 3.89. The normalized spacial score (nSPS) is 19.5. The van der Waals surface area contributed by atoms with E-state index in [0.29, 0.717) is 18.5 Å². The Balaban J connectivity index is 1.80. The van der Waals surface area contributed by atoms with Gasteiger partial charge in [0.2, 0.25) is 0 Å². The Morgan fingerprint density at radius 2 is 1.81 bits per heavy atom. The lowest BCUT2D eigenvalue weighted by Crippen LogP contribution is -2.67. The van der Waals surface area contributed by atoms with Crippen LogP contribution in [0.3, 0.4) is 0 Å². The number of nitrogens with zero attached hydrogens (tertiary/aromatic N) is 1. The summed E-state index contributed by atoms with van der Waals surface area (Å²) in [5, 5.41) is 0. The lowest BCUT2D eigenvalue weighted by Gasteiger charge is -2.48. The van der Waals surface area contributed by atoms with Gasteiger partial charge < -0.3 is 4.90 Å². The summed E-state index contributed by atoms with van der Waals surface area (Å²) < 4.78 is 39.9. The molecule has 1 saturated heterocycles. The number of halogens is 1. The van der Waals surface area contributed by atoms with Gasteiger partial charge in [0.15, 0.2) is 0 Å². The first kappa shape index (κ1) is 18.1. The van der Waals surface area contributed by atoms with Gasteiger partial charge in [0, 0.05) is 12.1 Å². The standard InChI is InChI=1S/C18H17FN2O4S/c1-18(10-11-21(18)16(22)13-6-3-2-4-7-13)17(23)20-26(24,25)15-9-5-8-14(19)12-15/h2-9,12H,10-11H2,1H3,(H,20,23). The first-order valence-electron chi connectivity index (χ1n) is 7.94. The van der Waals surface area contributed by atoms with Gasteiger partial charge in [0.1, 0.15) is 11.4 Å². The van der Waals surface area contributed by atoms with E-state index in [1.807, 2.05) is 4.72 Å². The molecule has 0 spiro atoms. The van der Waals surface area contributed by atoms with Gasteiger partial charge in [-0.25, -0.2) is 17.5 Å². The molecule has 1 aliphatic rings. The molecule has 136 valence electrons. The molecular formula is C18H17FN2O4S. The fourth-order valence-electron chi connectivity index (χ4n) is 2.78. The Morgan fingerprint density at radius 1 is 1.12 bits per heavy atom. The average molecular weight is 376 g/mol. The molecule has 0 aliphatic carbocycles. The van der Waals surface area contributed by atoms with Gasteiger partial charge in [-0.05, 0) is 43.7 Å². The van der Waals surface area contributed by atoms with Crippen molar-refractivity contribution in [2.75, 3.05) is 6.54 Å². The Morgan fingerprint density at radius 3 is 2.38 bits per heavy atom. The maximum Gasteiger partial charge on any atom is 0.264 e. The number of nitrogens with one attached hydrogen (secondary N) is 1. The van der Waals surface area contributed by atoms with Crippen LogP contribution in [-0.2, 0) is 14.8 Å². The summed E-state index contributed by atoms with van der Waals surface area (Å²) in [5.41, 5.74) is -0.868. The van der Waals surface area contributed by atoms with Crippen molar-refractivity contribution in [1.29, 1.82) is 0 Å². The molecule has 1 fully saturated rings. The van der Waals surface area contributed by atoms with E-state index in [2.05, 4.69) is 0 Å². The Bertz CT molecular complexity index is 962. The smallest absolute Gasteiger partial charge is 0.264 e. The van der Waals surface area contributed by atoms with Crippen molar-refractivity contribution in [3.05, 3.63) is 66.0 Å². The monoisotopic (exact) mass is 376 g/mol. The van der Waals surface area contributed by atoms with E-state index in [-0.39, 0.29) is 10.8 Å². The molecule has 0 aromatic heterocycles. The quantitative estimate of drug-likeness (QED) is 0.884. The summed E-state index contributed by atoms with van der Waals surface area (Å²) in [6.45, 7) is 1.85. The highest BCUT2D eigenvalue weighted by atomic mass is 32.2. The summed E-state index contributed by atoms with van der Waals surface area (Å²) in [4.78, 5) is 26.1. The van der Waals surface area contributed by atoms with Gasteiger partial charge in [-0.2, -0.15) is 0 Å². The van der Waals surface area contributed by atoms with Crippen molar-refractivity contribution in [3.63, 3.8) is 0 Å². The van der Waals surface area contributed by atoms with Gasteiger partial charge in [-0.3, -0.25) is 9.59 Å². The first-order valence-corrected chi connectivity index (χ1v) is 9.42. The van der Waals surface area contributed by atoms with Crippen LogP contribution >= 0.6 is 0 Å². The molecule has 8 heteroatoms. The highest BCUT2D eigenvalue weighted by Crippen LogP contribution is 2.32. The van der Waals surface area contributed by atoms with E-state index in [1.165, 1.54) is 24.0 Å². The molecule has 6 nitrogen and oxygen atoms in total. The number of carbonyl (C=O) groups excluding carboxylic acids is 2. The van der Waals surface area contributed by atoms with Crippen LogP contribution in [0.5, 0.6) is 0 Å². The zero-order chi connectivity index (χ0) is 18.9. The second kappa shape index (κ2) is 6.53. The summed E-state index contributed by atoms with van der Waals surface area (Å²) >= 11 is 0. The lowest BCUT2D eigenvalue weighted by molar-refractivity contribution is -0.135. The highest BCUT2D eigenvalue weighted by molar-refractivity contribution is 7.90. The van der Waals surface area contributed by atoms with Crippen molar-refractivity contribution in [2.24, 2.45) is 0 Å². The number of sulfonamides is 1. The van der Waals surface area contributed by atoms with Crippen molar-refractivity contribution < 1.29 is 22.4 Å². The summed E-state index contributed by atoms with van der Waals surface area (Å²) in [5.74, 6) is -1.90. The number of hydrogen-bond donors (Lipinski definition) is 1. The van der Waals surface area contributed by atoms with Crippen LogP contribution in [0.2, 0.25) is 0 Å². The van der Waals surface area contributed by atoms with Crippen molar-refractivity contribution in [1.82, 2.24) is 9.62 Å². The zero-order valence-electron chi connectivity index (χ0n) is 14.0. The molecule has 1 unspecified atom stereocenters. The molecule has 3 rings (SSSR count). The van der Waals surface area contributed by atoms with Gasteiger partial charge in [0.25, 0.3) is 21.8 Å². The van der Waals surface area contributed by atoms with E-state index in [1.54, 1.807) is 30.3 Å². The first-order chi connectivity index (χ1) is 12.2. The van der Waals surface area contributed by atoms with Crippen LogP contribution < -0.4 is 4.72 Å². The van der Waals surface area contributed by atoms with Crippen LogP contribution in [0, 0.1) is 5.82 Å². The Kier molecular flexibility index (Phi) is 4.53. The molecule has 0 radical (unpaired) electrons. The van der Waals surface area contributed by atoms with Crippen molar-refractivity contribution in [2.45, 2.75) is 23.8 Å². The minimum atomic E-state index is -4.23. The minimum Gasteiger partial charge on any atom is -0.324 e. The van der Waals surface area contributed by atoms with E-state index in [0.717, 1.165) is 12.1 Å². The molecule has 1 aliphatic heterocycles. The fraction of sp³-hybridized carbons (Fsp3) is 0.222. The summed E-state index contributed by atoms with van der Waals surface area (Å²) in [6, 6.07) is 12.8. The molecule has 2 aromatic rings. The molecule has 1 N–H and O–H groups in total. The van der Waals surface area contributed by atoms with Gasteiger partial charge >= 0.3 is 0 Å². The third-order valence-corrected chi connectivity index (χ3v) is 5.84. The van der Waals surface area contributed by atoms with Crippen LogP contribution in [0.15, 0.2) is 59.5 Å². The topological polar surface area (TPSA) is 83.6 Å². The van der Waals surface area contributed by atoms with Crippen LogP contribution in [0.4, 0.5) is 4.39 Å². The predicted octanol–water partition coefficient (Wildman–Crippen LogP) is 1.94. The maximum atomic E-state index is 13.3. The van der Waals surface area contributed by atoms with Crippen LogP contribution in [0.25, 0.3) is 0 Å². The SMILES string of the molecule is CC1(C(=O)NS(=O)(=O)c2cccc(F)c2)CCN1C(=O)c1ccccc1. The van der Waals surface area contributed by atoms with Crippen molar-refractivity contribution >= 4 is 21.8 Å². The second-order valence-corrected chi connectivity index (χ2v) is 7.92. The number of likely N-dealkylation sites (tertiary alicyclic amines) is 1. The van der Waals surface area contributed by atoms with Crippen LogP contribution in [-0.4, -0.2) is 37.2 Å². The molecule has 0 bridgehead atoms. The largest absolute Gasteiger partial charge is 0.324 e. The molecule has 2 amide bonds. The Hall–Kier alpha value is -2.74. The number of hydrogen-bond acceptors (Lipinski definition) is 4. The Labute approximate surface area is 150 Å². The molecule has 0 saturated carbocycles.